The maximum atomic E-state index is 13.5. The highest BCUT2D eigenvalue weighted by atomic mass is 19.1. The van der Waals surface area contributed by atoms with Crippen LogP contribution in [-0.2, 0) is 4.79 Å². The molecular weight excluding hydrogens is 285 g/mol. The molecule has 1 aromatic carbocycles. The number of hydrogen-bond acceptors (Lipinski definition) is 4. The summed E-state index contributed by atoms with van der Waals surface area (Å²) in [6, 6.07) is 6.37. The zero-order chi connectivity index (χ0) is 15.9. The lowest BCUT2D eigenvalue weighted by atomic mass is 10.1. The van der Waals surface area contributed by atoms with E-state index in [1.165, 1.54) is 6.07 Å². The molecule has 5 nitrogen and oxygen atoms in total. The molecule has 1 aromatic rings. The molecule has 1 atom stereocenters. The molecule has 6 heteroatoms. The first-order valence-electron chi connectivity index (χ1n) is 7.75. The lowest BCUT2D eigenvalue weighted by Crippen LogP contribution is -2.52. The van der Waals surface area contributed by atoms with E-state index in [0.29, 0.717) is 0 Å². The van der Waals surface area contributed by atoms with Gasteiger partial charge in [-0.1, -0.05) is 19.1 Å². The Kier molecular flexibility index (Phi) is 6.30. The van der Waals surface area contributed by atoms with Crippen LogP contribution in [0.1, 0.15) is 13.3 Å². The highest BCUT2D eigenvalue weighted by molar-refractivity contribution is 5.92. The summed E-state index contributed by atoms with van der Waals surface area (Å²) in [5.74, 6) is -0.623. The van der Waals surface area contributed by atoms with Gasteiger partial charge in [-0.3, -0.25) is 14.6 Å². The van der Waals surface area contributed by atoms with Gasteiger partial charge in [0.2, 0.25) is 5.91 Å². The number of halogens is 1. The average Bonchev–Trinajstić information content (AvgIpc) is 2.52. The Bertz CT molecular complexity index is 486. The van der Waals surface area contributed by atoms with Gasteiger partial charge in [-0.15, -0.1) is 0 Å². The average molecular weight is 309 g/mol. The van der Waals surface area contributed by atoms with Gasteiger partial charge >= 0.3 is 0 Å². The summed E-state index contributed by atoms with van der Waals surface area (Å²) >= 11 is 0. The van der Waals surface area contributed by atoms with Crippen LogP contribution in [0.3, 0.4) is 0 Å². The summed E-state index contributed by atoms with van der Waals surface area (Å²) in [6.45, 7) is 5.73. The molecule has 2 N–H and O–H groups in total. The fraction of sp³-hybridized carbons (Fsp3) is 0.562. The number of benzene rings is 1. The number of aliphatic hydroxyl groups excluding tert-OH is 1. The summed E-state index contributed by atoms with van der Waals surface area (Å²) in [6.07, 6.45) is 0.921. The van der Waals surface area contributed by atoms with Gasteiger partial charge in [0, 0.05) is 32.2 Å². The van der Waals surface area contributed by atoms with E-state index in [1.807, 2.05) is 0 Å². The first-order chi connectivity index (χ1) is 10.6. The standard InChI is InChI=1S/C16H24FN3O2/c1-2-13(12-21)20-9-7-19(8-10-20)11-16(22)18-15-6-4-3-5-14(15)17/h3-6,13,21H,2,7-12H2,1H3,(H,18,22). The van der Waals surface area contributed by atoms with Crippen LogP contribution in [0.15, 0.2) is 24.3 Å². The molecule has 1 amide bonds. The van der Waals surface area contributed by atoms with Gasteiger partial charge < -0.3 is 10.4 Å². The van der Waals surface area contributed by atoms with E-state index in [9.17, 15) is 14.3 Å². The molecule has 0 aliphatic carbocycles. The maximum Gasteiger partial charge on any atom is 0.238 e. The quantitative estimate of drug-likeness (QED) is 0.828. The van der Waals surface area contributed by atoms with Crippen molar-refractivity contribution in [1.29, 1.82) is 0 Å². The molecule has 2 rings (SSSR count). The third kappa shape index (κ3) is 4.50. The highest BCUT2D eigenvalue weighted by Crippen LogP contribution is 2.13. The monoisotopic (exact) mass is 309 g/mol. The van der Waals surface area contributed by atoms with Crippen LogP contribution in [0.25, 0.3) is 0 Å². The van der Waals surface area contributed by atoms with E-state index in [4.69, 9.17) is 0 Å². The van der Waals surface area contributed by atoms with Gasteiger partial charge in [0.05, 0.1) is 18.8 Å². The molecule has 0 radical (unpaired) electrons. The number of carbonyl (C=O) groups is 1. The van der Waals surface area contributed by atoms with Gasteiger partial charge in [-0.2, -0.15) is 0 Å². The maximum absolute atomic E-state index is 13.5. The third-order valence-electron chi connectivity index (χ3n) is 4.12. The van der Waals surface area contributed by atoms with Crippen LogP contribution in [-0.4, -0.2) is 66.2 Å². The molecule has 1 aliphatic heterocycles. The molecule has 22 heavy (non-hydrogen) atoms. The number of nitrogens with one attached hydrogen (secondary N) is 1. The first-order valence-corrected chi connectivity index (χ1v) is 7.75. The number of aliphatic hydroxyl groups is 1. The van der Waals surface area contributed by atoms with Gasteiger partial charge in [0.1, 0.15) is 5.82 Å². The number of para-hydroxylation sites is 1. The Labute approximate surface area is 130 Å². The third-order valence-corrected chi connectivity index (χ3v) is 4.12. The number of rotatable bonds is 6. The minimum atomic E-state index is -0.422. The molecule has 1 heterocycles. The molecule has 1 saturated heterocycles. The van der Waals surface area contributed by atoms with Crippen molar-refractivity contribution in [3.63, 3.8) is 0 Å². The highest BCUT2D eigenvalue weighted by Gasteiger charge is 2.23. The second kappa shape index (κ2) is 8.22. The predicted octanol–water partition coefficient (Wildman–Crippen LogP) is 1.15. The Balaban J connectivity index is 1.78. The molecule has 1 aliphatic rings. The summed E-state index contributed by atoms with van der Waals surface area (Å²) in [4.78, 5) is 16.3. The number of piperazine rings is 1. The Morgan fingerprint density at radius 2 is 2.00 bits per heavy atom. The van der Waals surface area contributed by atoms with E-state index in [0.717, 1.165) is 32.6 Å². The molecule has 122 valence electrons. The first kappa shape index (κ1) is 16.9. The van der Waals surface area contributed by atoms with Crippen molar-refractivity contribution in [3.8, 4) is 0 Å². The van der Waals surface area contributed by atoms with Crippen molar-refractivity contribution in [2.75, 3.05) is 44.6 Å². The predicted molar refractivity (Wildman–Crippen MR) is 84.2 cm³/mol. The van der Waals surface area contributed by atoms with E-state index < -0.39 is 5.82 Å². The number of anilines is 1. The van der Waals surface area contributed by atoms with Crippen molar-refractivity contribution in [2.24, 2.45) is 0 Å². The molecule has 0 spiro atoms. The SMILES string of the molecule is CCC(CO)N1CCN(CC(=O)Nc2ccccc2F)CC1. The molecule has 0 aromatic heterocycles. The number of carbonyl (C=O) groups excluding carboxylic acids is 1. The van der Waals surface area contributed by atoms with E-state index >= 15 is 0 Å². The van der Waals surface area contributed by atoms with Crippen LogP contribution in [0, 0.1) is 5.82 Å². The van der Waals surface area contributed by atoms with E-state index in [2.05, 4.69) is 22.0 Å². The van der Waals surface area contributed by atoms with Crippen molar-refractivity contribution in [3.05, 3.63) is 30.1 Å². The number of hydrogen-bond donors (Lipinski definition) is 2. The van der Waals surface area contributed by atoms with Crippen LogP contribution in [0.5, 0.6) is 0 Å². The largest absolute Gasteiger partial charge is 0.395 e. The number of nitrogens with zero attached hydrogens (tertiary/aromatic N) is 2. The lowest BCUT2D eigenvalue weighted by molar-refractivity contribution is -0.117. The second-order valence-corrected chi connectivity index (χ2v) is 5.58. The molecule has 0 saturated carbocycles. The summed E-state index contributed by atoms with van der Waals surface area (Å²) in [5, 5.41) is 11.9. The summed E-state index contributed by atoms with van der Waals surface area (Å²) in [5.41, 5.74) is 0.220. The van der Waals surface area contributed by atoms with Crippen LogP contribution >= 0.6 is 0 Å². The minimum absolute atomic E-state index is 0.171. The van der Waals surface area contributed by atoms with Gasteiger partial charge in [-0.25, -0.2) is 4.39 Å². The Morgan fingerprint density at radius 1 is 1.32 bits per heavy atom. The molecule has 1 fully saturated rings. The zero-order valence-corrected chi connectivity index (χ0v) is 13.0. The van der Waals surface area contributed by atoms with Crippen molar-refractivity contribution < 1.29 is 14.3 Å². The molecule has 1 unspecified atom stereocenters. The van der Waals surface area contributed by atoms with E-state index in [-0.39, 0.29) is 30.8 Å². The smallest absolute Gasteiger partial charge is 0.238 e. The van der Waals surface area contributed by atoms with Gasteiger partial charge in [0.25, 0.3) is 0 Å². The van der Waals surface area contributed by atoms with Crippen molar-refractivity contribution in [1.82, 2.24) is 9.80 Å². The van der Waals surface area contributed by atoms with Gasteiger partial charge in [0.15, 0.2) is 0 Å². The van der Waals surface area contributed by atoms with Crippen LogP contribution in [0.2, 0.25) is 0 Å². The summed E-state index contributed by atoms with van der Waals surface area (Å²) in [7, 11) is 0. The topological polar surface area (TPSA) is 55.8 Å². The summed E-state index contributed by atoms with van der Waals surface area (Å²) < 4.78 is 13.5. The van der Waals surface area contributed by atoms with E-state index in [1.54, 1.807) is 18.2 Å². The van der Waals surface area contributed by atoms with Gasteiger partial charge in [-0.05, 0) is 18.6 Å². The van der Waals surface area contributed by atoms with Crippen LogP contribution < -0.4 is 5.32 Å². The van der Waals surface area contributed by atoms with Crippen molar-refractivity contribution in [2.45, 2.75) is 19.4 Å². The van der Waals surface area contributed by atoms with Crippen molar-refractivity contribution >= 4 is 11.6 Å². The Hall–Kier alpha value is -1.50. The second-order valence-electron chi connectivity index (χ2n) is 5.58. The molecular formula is C16H24FN3O2. The lowest BCUT2D eigenvalue weighted by Gasteiger charge is -2.38. The number of amides is 1. The fourth-order valence-electron chi connectivity index (χ4n) is 2.74. The molecule has 0 bridgehead atoms. The Morgan fingerprint density at radius 3 is 2.59 bits per heavy atom. The normalized spacial score (nSPS) is 18.1. The fourth-order valence-corrected chi connectivity index (χ4v) is 2.74. The zero-order valence-electron chi connectivity index (χ0n) is 13.0. The van der Waals surface area contributed by atoms with Crippen LogP contribution in [0.4, 0.5) is 10.1 Å². The minimum Gasteiger partial charge on any atom is -0.395 e.